The zero-order valence-corrected chi connectivity index (χ0v) is 10.5. The first-order valence-corrected chi connectivity index (χ1v) is 5.91. The second-order valence-corrected chi connectivity index (χ2v) is 4.66. The Hall–Kier alpha value is -1.91. The number of ether oxygens (including phenoxy) is 1. The molecular weight excluding hydrogens is 232 g/mol. The third kappa shape index (κ3) is 1.96. The lowest BCUT2D eigenvalue weighted by Crippen LogP contribution is -2.47. The maximum absolute atomic E-state index is 11.8. The Kier molecular flexibility index (Phi) is 3.07. The summed E-state index contributed by atoms with van der Waals surface area (Å²) in [6.45, 7) is 3.20. The van der Waals surface area contributed by atoms with Crippen molar-refractivity contribution in [2.75, 3.05) is 0 Å². The molecular formula is C13H16N2O3. The van der Waals surface area contributed by atoms with Gasteiger partial charge in [-0.1, -0.05) is 6.07 Å². The van der Waals surface area contributed by atoms with Gasteiger partial charge in [0.05, 0.1) is 5.69 Å². The van der Waals surface area contributed by atoms with Gasteiger partial charge in [0.25, 0.3) is 5.91 Å². The molecule has 0 spiro atoms. The van der Waals surface area contributed by atoms with Crippen LogP contribution in [0.1, 0.15) is 36.6 Å². The molecule has 5 heteroatoms. The minimum absolute atomic E-state index is 0.394. The molecule has 0 saturated heterocycles. The van der Waals surface area contributed by atoms with Crippen molar-refractivity contribution in [3.63, 3.8) is 0 Å². The van der Waals surface area contributed by atoms with Gasteiger partial charge in [-0.15, -0.1) is 0 Å². The van der Waals surface area contributed by atoms with Gasteiger partial charge in [-0.3, -0.25) is 14.6 Å². The highest BCUT2D eigenvalue weighted by Gasteiger charge is 2.46. The Morgan fingerprint density at radius 1 is 1.50 bits per heavy atom. The van der Waals surface area contributed by atoms with Gasteiger partial charge in [0.2, 0.25) is 5.60 Å². The van der Waals surface area contributed by atoms with E-state index in [1.807, 2.05) is 13.0 Å². The standard InChI is InChI=1S/C13H16N2O3/c1-8-6-10-4-3-5-13(12(14)17,18-9(2)16)11(10)15-7-8/h6-7H,3-5H2,1-2H3,(H2,14,17). The first-order chi connectivity index (χ1) is 8.45. The lowest BCUT2D eigenvalue weighted by atomic mass is 9.81. The van der Waals surface area contributed by atoms with Gasteiger partial charge in [0.15, 0.2) is 0 Å². The first kappa shape index (κ1) is 12.5. The van der Waals surface area contributed by atoms with Crippen molar-refractivity contribution in [3.05, 3.63) is 29.1 Å². The van der Waals surface area contributed by atoms with Crippen molar-refractivity contribution < 1.29 is 14.3 Å². The molecule has 1 atom stereocenters. The van der Waals surface area contributed by atoms with E-state index < -0.39 is 17.5 Å². The molecule has 18 heavy (non-hydrogen) atoms. The number of carbonyl (C=O) groups is 2. The van der Waals surface area contributed by atoms with Gasteiger partial charge in [-0.25, -0.2) is 0 Å². The van der Waals surface area contributed by atoms with Crippen LogP contribution in [-0.4, -0.2) is 16.9 Å². The molecule has 0 aromatic carbocycles. The molecule has 0 bridgehead atoms. The number of esters is 1. The summed E-state index contributed by atoms with van der Waals surface area (Å²) in [5.41, 5.74) is 6.48. The third-order valence-electron chi connectivity index (χ3n) is 3.18. The highest BCUT2D eigenvalue weighted by atomic mass is 16.6. The number of fused-ring (bicyclic) bond motifs is 1. The minimum Gasteiger partial charge on any atom is -0.442 e. The van der Waals surface area contributed by atoms with Crippen LogP contribution in [0.5, 0.6) is 0 Å². The summed E-state index contributed by atoms with van der Waals surface area (Å²) in [5.74, 6) is -1.18. The molecule has 0 aliphatic heterocycles. The number of aromatic nitrogens is 1. The summed E-state index contributed by atoms with van der Waals surface area (Å²) < 4.78 is 5.23. The molecule has 1 aliphatic rings. The number of nitrogens with zero attached hydrogens (tertiary/aromatic N) is 1. The highest BCUT2D eigenvalue weighted by molar-refractivity contribution is 5.87. The number of rotatable bonds is 2. The largest absolute Gasteiger partial charge is 0.442 e. The molecule has 2 N–H and O–H groups in total. The van der Waals surface area contributed by atoms with E-state index in [4.69, 9.17) is 10.5 Å². The van der Waals surface area contributed by atoms with Crippen molar-refractivity contribution in [2.45, 2.75) is 38.7 Å². The van der Waals surface area contributed by atoms with E-state index in [9.17, 15) is 9.59 Å². The van der Waals surface area contributed by atoms with Crippen molar-refractivity contribution in [2.24, 2.45) is 5.73 Å². The predicted molar refractivity (Wildman–Crippen MR) is 64.6 cm³/mol. The number of amides is 1. The number of nitrogens with two attached hydrogens (primary N) is 1. The Balaban J connectivity index is 2.57. The van der Waals surface area contributed by atoms with E-state index in [1.165, 1.54) is 6.92 Å². The maximum Gasteiger partial charge on any atom is 0.304 e. The lowest BCUT2D eigenvalue weighted by molar-refractivity contribution is -0.169. The average Bonchev–Trinajstić information content (AvgIpc) is 2.27. The molecule has 1 aliphatic carbocycles. The zero-order valence-electron chi connectivity index (χ0n) is 10.5. The van der Waals surface area contributed by atoms with Crippen molar-refractivity contribution in [1.29, 1.82) is 0 Å². The Labute approximate surface area is 105 Å². The molecule has 1 amide bonds. The fraction of sp³-hybridized carbons (Fsp3) is 0.462. The zero-order chi connectivity index (χ0) is 13.3. The highest BCUT2D eigenvalue weighted by Crippen LogP contribution is 2.37. The van der Waals surface area contributed by atoms with Gasteiger partial charge >= 0.3 is 5.97 Å². The maximum atomic E-state index is 11.8. The van der Waals surface area contributed by atoms with E-state index in [2.05, 4.69) is 4.98 Å². The molecule has 2 rings (SSSR count). The fourth-order valence-electron chi connectivity index (χ4n) is 2.47. The van der Waals surface area contributed by atoms with E-state index in [1.54, 1.807) is 6.20 Å². The molecule has 0 saturated carbocycles. The van der Waals surface area contributed by atoms with Gasteiger partial charge in [-0.05, 0) is 30.9 Å². The van der Waals surface area contributed by atoms with E-state index in [0.717, 1.165) is 24.0 Å². The number of aryl methyl sites for hydroxylation is 2. The second kappa shape index (κ2) is 4.40. The number of carbonyl (C=O) groups excluding carboxylic acids is 2. The monoisotopic (exact) mass is 248 g/mol. The fourth-order valence-corrected chi connectivity index (χ4v) is 2.47. The van der Waals surface area contributed by atoms with Crippen LogP contribution in [0, 0.1) is 6.92 Å². The SMILES string of the molecule is CC(=O)OC1(C(N)=O)CCCc2cc(C)cnc21. The van der Waals surface area contributed by atoms with Gasteiger partial charge in [0, 0.05) is 19.5 Å². The number of hydrogen-bond donors (Lipinski definition) is 1. The molecule has 96 valence electrons. The van der Waals surface area contributed by atoms with Crippen LogP contribution in [-0.2, 0) is 26.3 Å². The number of pyridine rings is 1. The molecule has 1 aromatic heterocycles. The van der Waals surface area contributed by atoms with Gasteiger partial charge < -0.3 is 10.5 Å². The lowest BCUT2D eigenvalue weighted by Gasteiger charge is -2.34. The quantitative estimate of drug-likeness (QED) is 0.790. The summed E-state index contributed by atoms with van der Waals surface area (Å²) in [7, 11) is 0. The van der Waals surface area contributed by atoms with Crippen LogP contribution in [0.25, 0.3) is 0 Å². The van der Waals surface area contributed by atoms with E-state index >= 15 is 0 Å². The molecule has 5 nitrogen and oxygen atoms in total. The average molecular weight is 248 g/mol. The first-order valence-electron chi connectivity index (χ1n) is 5.91. The van der Waals surface area contributed by atoms with Gasteiger partial charge in [0.1, 0.15) is 0 Å². The third-order valence-corrected chi connectivity index (χ3v) is 3.18. The van der Waals surface area contributed by atoms with Crippen LogP contribution < -0.4 is 5.73 Å². The van der Waals surface area contributed by atoms with Crippen LogP contribution in [0.2, 0.25) is 0 Å². The topological polar surface area (TPSA) is 82.3 Å². The number of hydrogen-bond acceptors (Lipinski definition) is 4. The van der Waals surface area contributed by atoms with Gasteiger partial charge in [-0.2, -0.15) is 0 Å². The normalized spacial score (nSPS) is 22.1. The summed E-state index contributed by atoms with van der Waals surface area (Å²) >= 11 is 0. The molecule has 1 aromatic rings. The van der Waals surface area contributed by atoms with E-state index in [0.29, 0.717) is 12.1 Å². The smallest absolute Gasteiger partial charge is 0.304 e. The van der Waals surface area contributed by atoms with Crippen LogP contribution >= 0.6 is 0 Å². The predicted octanol–water partition coefficient (Wildman–Crippen LogP) is 0.970. The summed E-state index contributed by atoms with van der Waals surface area (Å²) in [6.07, 6.45) is 3.62. The Morgan fingerprint density at radius 3 is 2.83 bits per heavy atom. The molecule has 0 radical (unpaired) electrons. The van der Waals surface area contributed by atoms with E-state index in [-0.39, 0.29) is 0 Å². The van der Waals surface area contributed by atoms with Crippen molar-refractivity contribution >= 4 is 11.9 Å². The Bertz CT molecular complexity index is 513. The minimum atomic E-state index is -1.40. The molecule has 0 fully saturated rings. The number of primary amides is 1. The van der Waals surface area contributed by atoms with Crippen LogP contribution in [0.4, 0.5) is 0 Å². The van der Waals surface area contributed by atoms with Crippen molar-refractivity contribution in [3.8, 4) is 0 Å². The molecule has 1 heterocycles. The summed E-state index contributed by atoms with van der Waals surface area (Å²) in [4.78, 5) is 27.3. The summed E-state index contributed by atoms with van der Waals surface area (Å²) in [6, 6.07) is 1.96. The molecule has 1 unspecified atom stereocenters. The summed E-state index contributed by atoms with van der Waals surface area (Å²) in [5, 5.41) is 0. The van der Waals surface area contributed by atoms with Crippen LogP contribution in [0.15, 0.2) is 12.3 Å². The van der Waals surface area contributed by atoms with Crippen LogP contribution in [0.3, 0.4) is 0 Å². The second-order valence-electron chi connectivity index (χ2n) is 4.66. The Morgan fingerprint density at radius 2 is 2.22 bits per heavy atom. The van der Waals surface area contributed by atoms with Crippen molar-refractivity contribution in [1.82, 2.24) is 4.98 Å².